The van der Waals surface area contributed by atoms with Crippen molar-refractivity contribution in [2.24, 2.45) is 0 Å². The zero-order chi connectivity index (χ0) is 13.1. The van der Waals surface area contributed by atoms with Crippen LogP contribution in [0.15, 0.2) is 42.5 Å². The Kier molecular flexibility index (Phi) is 3.81. The van der Waals surface area contributed by atoms with Gasteiger partial charge in [-0.1, -0.05) is 42.5 Å². The van der Waals surface area contributed by atoms with Gasteiger partial charge in [0, 0.05) is 25.3 Å². The van der Waals surface area contributed by atoms with E-state index in [4.69, 9.17) is 4.74 Å². The molecule has 0 aromatic heterocycles. The Morgan fingerprint density at radius 2 is 1.79 bits per heavy atom. The van der Waals surface area contributed by atoms with E-state index in [2.05, 4.69) is 54.7 Å². The summed E-state index contributed by atoms with van der Waals surface area (Å²) in [6.45, 7) is 4.04. The van der Waals surface area contributed by atoms with Gasteiger partial charge < -0.3 is 10.1 Å². The molecule has 3 rings (SSSR count). The van der Waals surface area contributed by atoms with Gasteiger partial charge in [-0.25, -0.2) is 0 Å². The van der Waals surface area contributed by atoms with Gasteiger partial charge >= 0.3 is 0 Å². The maximum Gasteiger partial charge on any atom is 0.0480 e. The number of fused-ring (bicyclic) bond motifs is 1. The number of rotatable bonds is 3. The van der Waals surface area contributed by atoms with E-state index >= 15 is 0 Å². The molecule has 1 unspecified atom stereocenters. The Morgan fingerprint density at radius 3 is 2.63 bits per heavy atom. The summed E-state index contributed by atoms with van der Waals surface area (Å²) >= 11 is 0. The van der Waals surface area contributed by atoms with E-state index in [9.17, 15) is 0 Å². The summed E-state index contributed by atoms with van der Waals surface area (Å²) in [5.41, 5.74) is 1.39. The van der Waals surface area contributed by atoms with Gasteiger partial charge in [0.25, 0.3) is 0 Å². The molecule has 0 bridgehead atoms. The van der Waals surface area contributed by atoms with E-state index < -0.39 is 0 Å². The lowest BCUT2D eigenvalue weighted by Crippen LogP contribution is -2.36. The SMILES string of the molecule is CC(NC1CCOCC1)c1cccc2ccccc12. The normalized spacial score (nSPS) is 18.6. The highest BCUT2D eigenvalue weighted by atomic mass is 16.5. The van der Waals surface area contributed by atoms with Gasteiger partial charge in [0.2, 0.25) is 0 Å². The van der Waals surface area contributed by atoms with Crippen LogP contribution in [0.3, 0.4) is 0 Å². The van der Waals surface area contributed by atoms with Crippen LogP contribution in [0.4, 0.5) is 0 Å². The molecule has 1 N–H and O–H groups in total. The zero-order valence-corrected chi connectivity index (χ0v) is 11.4. The van der Waals surface area contributed by atoms with Crippen molar-refractivity contribution in [1.29, 1.82) is 0 Å². The summed E-state index contributed by atoms with van der Waals surface area (Å²) in [5, 5.41) is 6.43. The maximum atomic E-state index is 5.42. The van der Waals surface area contributed by atoms with Crippen LogP contribution in [0, 0.1) is 0 Å². The van der Waals surface area contributed by atoms with Crippen molar-refractivity contribution in [2.75, 3.05) is 13.2 Å². The quantitative estimate of drug-likeness (QED) is 0.903. The standard InChI is InChI=1S/C17H21NO/c1-13(18-15-9-11-19-12-10-15)16-8-4-6-14-5-2-3-7-17(14)16/h2-8,13,15,18H,9-12H2,1H3. The van der Waals surface area contributed by atoms with Crippen LogP contribution >= 0.6 is 0 Å². The largest absolute Gasteiger partial charge is 0.381 e. The molecule has 1 atom stereocenters. The molecule has 1 saturated heterocycles. The molecular weight excluding hydrogens is 234 g/mol. The van der Waals surface area contributed by atoms with Crippen LogP contribution in [0.5, 0.6) is 0 Å². The lowest BCUT2D eigenvalue weighted by molar-refractivity contribution is 0.0755. The summed E-state index contributed by atoms with van der Waals surface area (Å²) in [7, 11) is 0. The molecule has 1 aliphatic rings. The molecule has 2 aromatic rings. The molecule has 0 radical (unpaired) electrons. The van der Waals surface area contributed by atoms with Crippen LogP contribution in [-0.2, 0) is 4.74 Å². The van der Waals surface area contributed by atoms with Crippen molar-refractivity contribution >= 4 is 10.8 Å². The van der Waals surface area contributed by atoms with Gasteiger partial charge in [0.1, 0.15) is 0 Å². The summed E-state index contributed by atoms with van der Waals surface area (Å²) in [6.07, 6.45) is 2.24. The fourth-order valence-corrected chi connectivity index (χ4v) is 2.94. The van der Waals surface area contributed by atoms with E-state index in [1.54, 1.807) is 0 Å². The topological polar surface area (TPSA) is 21.3 Å². The van der Waals surface area contributed by atoms with Crippen molar-refractivity contribution in [1.82, 2.24) is 5.32 Å². The van der Waals surface area contributed by atoms with Crippen LogP contribution in [0.25, 0.3) is 10.8 Å². The zero-order valence-electron chi connectivity index (χ0n) is 11.4. The molecule has 0 aliphatic carbocycles. The molecule has 1 aliphatic heterocycles. The van der Waals surface area contributed by atoms with Gasteiger partial charge in [-0.05, 0) is 36.1 Å². The molecule has 2 nitrogen and oxygen atoms in total. The molecule has 0 spiro atoms. The van der Waals surface area contributed by atoms with E-state index in [0.29, 0.717) is 12.1 Å². The third-order valence-electron chi connectivity index (χ3n) is 4.00. The minimum Gasteiger partial charge on any atom is -0.381 e. The Morgan fingerprint density at radius 1 is 1.05 bits per heavy atom. The highest BCUT2D eigenvalue weighted by Crippen LogP contribution is 2.25. The van der Waals surface area contributed by atoms with Crippen molar-refractivity contribution < 1.29 is 4.74 Å². The lowest BCUT2D eigenvalue weighted by atomic mass is 9.98. The molecule has 1 fully saturated rings. The highest BCUT2D eigenvalue weighted by Gasteiger charge is 2.17. The maximum absolute atomic E-state index is 5.42. The third kappa shape index (κ3) is 2.80. The van der Waals surface area contributed by atoms with Crippen LogP contribution < -0.4 is 5.32 Å². The number of nitrogens with one attached hydrogen (secondary N) is 1. The summed E-state index contributed by atoms with van der Waals surface area (Å²) in [6, 6.07) is 16.2. The molecule has 2 heteroatoms. The van der Waals surface area contributed by atoms with Gasteiger partial charge in [0.15, 0.2) is 0 Å². The average Bonchev–Trinajstić information content (AvgIpc) is 2.47. The molecule has 0 amide bonds. The average molecular weight is 255 g/mol. The second kappa shape index (κ2) is 5.72. The van der Waals surface area contributed by atoms with Crippen molar-refractivity contribution in [2.45, 2.75) is 31.8 Å². The minimum absolute atomic E-state index is 0.384. The first-order valence-corrected chi connectivity index (χ1v) is 7.16. The molecule has 0 saturated carbocycles. The lowest BCUT2D eigenvalue weighted by Gasteiger charge is -2.27. The second-order valence-electron chi connectivity index (χ2n) is 5.34. The predicted octanol–water partition coefficient (Wildman–Crippen LogP) is 3.67. The van der Waals surface area contributed by atoms with Crippen molar-refractivity contribution in [3.63, 3.8) is 0 Å². The van der Waals surface area contributed by atoms with Crippen LogP contribution in [0.2, 0.25) is 0 Å². The Balaban J connectivity index is 1.82. The molecule has 19 heavy (non-hydrogen) atoms. The Bertz CT molecular complexity index is 540. The number of benzene rings is 2. The van der Waals surface area contributed by atoms with Gasteiger partial charge in [-0.15, -0.1) is 0 Å². The first-order valence-electron chi connectivity index (χ1n) is 7.16. The number of hydrogen-bond donors (Lipinski definition) is 1. The molecule has 1 heterocycles. The van der Waals surface area contributed by atoms with Crippen molar-refractivity contribution in [3.8, 4) is 0 Å². The monoisotopic (exact) mass is 255 g/mol. The predicted molar refractivity (Wildman–Crippen MR) is 79.3 cm³/mol. The fraction of sp³-hybridized carbons (Fsp3) is 0.412. The van der Waals surface area contributed by atoms with Gasteiger partial charge in [-0.3, -0.25) is 0 Å². The van der Waals surface area contributed by atoms with Gasteiger partial charge in [-0.2, -0.15) is 0 Å². The smallest absolute Gasteiger partial charge is 0.0480 e. The first-order chi connectivity index (χ1) is 9.34. The highest BCUT2D eigenvalue weighted by molar-refractivity contribution is 5.86. The minimum atomic E-state index is 0.384. The summed E-state index contributed by atoms with van der Waals surface area (Å²) < 4.78 is 5.42. The number of hydrogen-bond acceptors (Lipinski definition) is 2. The molecule has 2 aromatic carbocycles. The first kappa shape index (κ1) is 12.6. The van der Waals surface area contributed by atoms with E-state index in [0.717, 1.165) is 26.1 Å². The molecular formula is C17H21NO. The van der Waals surface area contributed by atoms with E-state index in [1.165, 1.54) is 16.3 Å². The Labute approximate surface area is 114 Å². The van der Waals surface area contributed by atoms with Crippen molar-refractivity contribution in [3.05, 3.63) is 48.0 Å². The molecule has 100 valence electrons. The second-order valence-corrected chi connectivity index (χ2v) is 5.34. The van der Waals surface area contributed by atoms with E-state index in [1.807, 2.05) is 0 Å². The summed E-state index contributed by atoms with van der Waals surface area (Å²) in [4.78, 5) is 0. The third-order valence-corrected chi connectivity index (χ3v) is 4.00. The fourth-order valence-electron chi connectivity index (χ4n) is 2.94. The van der Waals surface area contributed by atoms with Gasteiger partial charge in [0.05, 0.1) is 0 Å². The Hall–Kier alpha value is -1.38. The van der Waals surface area contributed by atoms with Crippen LogP contribution in [-0.4, -0.2) is 19.3 Å². The van der Waals surface area contributed by atoms with Crippen LogP contribution in [0.1, 0.15) is 31.4 Å². The summed E-state index contributed by atoms with van der Waals surface area (Å²) in [5.74, 6) is 0. The number of ether oxygens (including phenoxy) is 1. The van der Waals surface area contributed by atoms with E-state index in [-0.39, 0.29) is 0 Å².